The van der Waals surface area contributed by atoms with E-state index in [1.807, 2.05) is 51.1 Å². The number of hydrogen-bond acceptors (Lipinski definition) is 8. The summed E-state index contributed by atoms with van der Waals surface area (Å²) < 4.78 is 11.4. The molecule has 10 heteroatoms. The molecule has 3 heterocycles. The van der Waals surface area contributed by atoms with Gasteiger partial charge >= 0.3 is 12.1 Å². The second-order valence-corrected chi connectivity index (χ2v) is 10.9. The van der Waals surface area contributed by atoms with E-state index in [0.29, 0.717) is 28.6 Å². The highest BCUT2D eigenvalue weighted by atomic mass is 35.5. The predicted molar refractivity (Wildman–Crippen MR) is 138 cm³/mol. The topological polar surface area (TPSA) is 93.6 Å². The maximum absolute atomic E-state index is 12.6. The molecule has 1 fully saturated rings. The predicted octanol–water partition coefficient (Wildman–Crippen LogP) is 6.00. The van der Waals surface area contributed by atoms with Crippen molar-refractivity contribution in [2.75, 3.05) is 25.0 Å². The number of piperidine rings is 1. The van der Waals surface area contributed by atoms with Crippen LogP contribution in [-0.4, -0.2) is 58.5 Å². The van der Waals surface area contributed by atoms with Crippen LogP contribution < -0.4 is 5.32 Å². The molecule has 0 spiro atoms. The maximum atomic E-state index is 12.6. The van der Waals surface area contributed by atoms with Gasteiger partial charge in [-0.05, 0) is 64.3 Å². The fourth-order valence-electron chi connectivity index (χ4n) is 3.92. The van der Waals surface area contributed by atoms with Crippen molar-refractivity contribution in [3.05, 3.63) is 41.0 Å². The number of nitrogens with one attached hydrogen (secondary N) is 1. The van der Waals surface area contributed by atoms with Crippen LogP contribution in [0.2, 0.25) is 5.02 Å². The Morgan fingerprint density at radius 1 is 1.23 bits per heavy atom. The molecule has 186 valence electrons. The van der Waals surface area contributed by atoms with Crippen LogP contribution in [0.4, 0.5) is 10.6 Å². The van der Waals surface area contributed by atoms with Crippen LogP contribution in [0.5, 0.6) is 0 Å². The summed E-state index contributed by atoms with van der Waals surface area (Å²) in [6.45, 7) is 8.72. The number of carbonyl (C=O) groups excluding carboxylic acids is 2. The lowest BCUT2D eigenvalue weighted by atomic mass is 10.1. The normalized spacial score (nSPS) is 16.3. The number of likely N-dealkylation sites (tertiary alicyclic amines) is 1. The summed E-state index contributed by atoms with van der Waals surface area (Å²) in [7, 11) is 0. The minimum absolute atomic E-state index is 0.0268. The van der Waals surface area contributed by atoms with Crippen LogP contribution in [0.15, 0.2) is 30.3 Å². The van der Waals surface area contributed by atoms with E-state index in [0.717, 1.165) is 28.7 Å². The monoisotopic (exact) mass is 516 g/mol. The van der Waals surface area contributed by atoms with E-state index in [1.54, 1.807) is 11.8 Å². The highest BCUT2D eigenvalue weighted by Gasteiger charge is 2.29. The molecule has 8 nitrogen and oxygen atoms in total. The summed E-state index contributed by atoms with van der Waals surface area (Å²) in [6.07, 6.45) is 1.39. The van der Waals surface area contributed by atoms with Gasteiger partial charge in [0.25, 0.3) is 0 Å². The number of nitrogens with zero attached hydrogens (tertiary/aromatic N) is 3. The maximum Gasteiger partial charge on any atom is 0.410 e. The zero-order valence-electron chi connectivity index (χ0n) is 20.3. The van der Waals surface area contributed by atoms with Crippen molar-refractivity contribution < 1.29 is 19.1 Å². The molecule has 0 unspecified atom stereocenters. The van der Waals surface area contributed by atoms with Gasteiger partial charge in [-0.25, -0.2) is 9.59 Å². The van der Waals surface area contributed by atoms with E-state index in [9.17, 15) is 9.59 Å². The van der Waals surface area contributed by atoms with Crippen LogP contribution >= 0.6 is 22.9 Å². The second kappa shape index (κ2) is 10.4. The number of benzene rings is 1. The first-order valence-electron chi connectivity index (χ1n) is 11.6. The van der Waals surface area contributed by atoms with E-state index in [4.69, 9.17) is 21.1 Å². The zero-order valence-corrected chi connectivity index (χ0v) is 21.8. The van der Waals surface area contributed by atoms with Crippen molar-refractivity contribution in [3.63, 3.8) is 0 Å². The standard InChI is InChI=1S/C25H29ClN4O4S/c1-5-33-23(31)20-21-18(13-19(35-21)15-8-10-16(26)11-9-15)22(29-28-20)27-17-7-6-12-30(14-17)24(32)34-25(2,3)4/h8-11,13,17H,5-7,12,14H2,1-4H3,(H,27,29)/t17-/m0/s1. The number of esters is 1. The minimum atomic E-state index is -0.549. The lowest BCUT2D eigenvalue weighted by Crippen LogP contribution is -2.47. The smallest absolute Gasteiger partial charge is 0.410 e. The molecule has 0 radical (unpaired) electrons. The number of rotatable bonds is 5. The van der Waals surface area contributed by atoms with Crippen molar-refractivity contribution >= 4 is 50.9 Å². The van der Waals surface area contributed by atoms with Gasteiger partial charge in [-0.2, -0.15) is 0 Å². The molecule has 0 aliphatic carbocycles. The average Bonchev–Trinajstić information content (AvgIpc) is 3.25. The minimum Gasteiger partial charge on any atom is -0.461 e. The molecule has 1 atom stereocenters. The van der Waals surface area contributed by atoms with Crippen LogP contribution in [-0.2, 0) is 9.47 Å². The lowest BCUT2D eigenvalue weighted by Gasteiger charge is -2.34. The molecular formula is C25H29ClN4O4S. The molecule has 1 aliphatic heterocycles. The molecular weight excluding hydrogens is 488 g/mol. The molecule has 3 aromatic rings. The molecule has 1 N–H and O–H groups in total. The number of fused-ring (bicyclic) bond motifs is 1. The Morgan fingerprint density at radius 2 is 1.97 bits per heavy atom. The van der Waals surface area contributed by atoms with Crippen LogP contribution in [0.1, 0.15) is 51.0 Å². The summed E-state index contributed by atoms with van der Waals surface area (Å²) in [5, 5.41) is 13.4. The first-order valence-corrected chi connectivity index (χ1v) is 12.8. The molecule has 1 saturated heterocycles. The third-order valence-electron chi connectivity index (χ3n) is 5.46. The Bertz CT molecular complexity index is 1220. The van der Waals surface area contributed by atoms with E-state index >= 15 is 0 Å². The van der Waals surface area contributed by atoms with Gasteiger partial charge < -0.3 is 19.7 Å². The van der Waals surface area contributed by atoms with Gasteiger partial charge in [-0.15, -0.1) is 21.5 Å². The summed E-state index contributed by atoms with van der Waals surface area (Å²) in [5.41, 5.74) is 0.619. The van der Waals surface area contributed by atoms with E-state index in [2.05, 4.69) is 15.5 Å². The lowest BCUT2D eigenvalue weighted by molar-refractivity contribution is 0.0206. The number of hydrogen-bond donors (Lipinski definition) is 1. The summed E-state index contributed by atoms with van der Waals surface area (Å²) in [6, 6.07) is 9.50. The zero-order chi connectivity index (χ0) is 25.2. The fraction of sp³-hybridized carbons (Fsp3) is 0.440. The van der Waals surface area contributed by atoms with E-state index < -0.39 is 11.6 Å². The van der Waals surface area contributed by atoms with Crippen molar-refractivity contribution in [1.82, 2.24) is 15.1 Å². The third-order valence-corrected chi connectivity index (χ3v) is 6.91. The highest BCUT2D eigenvalue weighted by Crippen LogP contribution is 2.38. The van der Waals surface area contributed by atoms with Crippen LogP contribution in [0.3, 0.4) is 0 Å². The second-order valence-electron chi connectivity index (χ2n) is 9.39. The number of halogens is 1. The fourth-order valence-corrected chi connectivity index (χ4v) is 5.18. The van der Waals surface area contributed by atoms with Gasteiger partial charge in [0.05, 0.1) is 11.3 Å². The third kappa shape index (κ3) is 6.02. The molecule has 0 saturated carbocycles. The summed E-state index contributed by atoms with van der Waals surface area (Å²) in [4.78, 5) is 27.8. The number of ether oxygens (including phenoxy) is 2. The largest absolute Gasteiger partial charge is 0.461 e. The molecule has 4 rings (SSSR count). The van der Waals surface area contributed by atoms with Crippen molar-refractivity contribution in [2.24, 2.45) is 0 Å². The van der Waals surface area contributed by atoms with Crippen molar-refractivity contribution in [1.29, 1.82) is 0 Å². The molecule has 35 heavy (non-hydrogen) atoms. The Labute approximate surface area is 213 Å². The highest BCUT2D eigenvalue weighted by molar-refractivity contribution is 7.22. The Morgan fingerprint density at radius 3 is 2.66 bits per heavy atom. The summed E-state index contributed by atoms with van der Waals surface area (Å²) in [5.74, 6) is 0.0652. The number of thiophene rings is 1. The van der Waals surface area contributed by atoms with Crippen LogP contribution in [0.25, 0.3) is 20.5 Å². The first-order chi connectivity index (χ1) is 16.6. The molecule has 1 aliphatic rings. The quantitative estimate of drug-likeness (QED) is 0.415. The Hall–Kier alpha value is -2.91. The number of carbonyl (C=O) groups is 2. The summed E-state index contributed by atoms with van der Waals surface area (Å²) >= 11 is 7.51. The number of anilines is 1. The molecule has 2 aromatic heterocycles. The average molecular weight is 517 g/mol. The SMILES string of the molecule is CCOC(=O)c1nnc(N[C@H]2CCCN(C(=O)OC(C)(C)C)C2)c2cc(-c3ccc(Cl)cc3)sc12. The number of amides is 1. The van der Waals surface area contributed by atoms with Gasteiger partial charge in [0, 0.05) is 34.4 Å². The Kier molecular flexibility index (Phi) is 7.47. The molecule has 0 bridgehead atoms. The van der Waals surface area contributed by atoms with Crippen molar-refractivity contribution in [3.8, 4) is 10.4 Å². The van der Waals surface area contributed by atoms with Gasteiger partial charge in [-0.1, -0.05) is 23.7 Å². The van der Waals surface area contributed by atoms with Gasteiger partial charge in [0.15, 0.2) is 11.5 Å². The number of aromatic nitrogens is 2. The van der Waals surface area contributed by atoms with E-state index in [1.165, 1.54) is 11.3 Å². The van der Waals surface area contributed by atoms with Gasteiger partial charge in [-0.3, -0.25) is 0 Å². The van der Waals surface area contributed by atoms with Crippen LogP contribution in [0, 0.1) is 0 Å². The van der Waals surface area contributed by atoms with Crippen molar-refractivity contribution in [2.45, 2.75) is 52.2 Å². The Balaban J connectivity index is 1.64. The van der Waals surface area contributed by atoms with Gasteiger partial charge in [0.1, 0.15) is 5.60 Å². The van der Waals surface area contributed by atoms with Gasteiger partial charge in [0.2, 0.25) is 0 Å². The van der Waals surface area contributed by atoms with E-state index in [-0.39, 0.29) is 24.4 Å². The first kappa shape index (κ1) is 25.2. The molecule has 1 aromatic carbocycles. The molecule has 1 amide bonds.